The van der Waals surface area contributed by atoms with Crippen molar-refractivity contribution in [2.24, 2.45) is 11.7 Å². The lowest BCUT2D eigenvalue weighted by Crippen LogP contribution is -2.34. The van der Waals surface area contributed by atoms with Gasteiger partial charge >= 0.3 is 11.9 Å². The van der Waals surface area contributed by atoms with Crippen molar-refractivity contribution in [1.29, 1.82) is 0 Å². The van der Waals surface area contributed by atoms with Crippen molar-refractivity contribution in [2.75, 3.05) is 13.2 Å². The molecule has 196 valence electrons. The fourth-order valence-electron chi connectivity index (χ4n) is 4.20. The van der Waals surface area contributed by atoms with Crippen molar-refractivity contribution in [3.8, 4) is 16.9 Å². The predicted octanol–water partition coefficient (Wildman–Crippen LogP) is 5.07. The molecular formula is C29H39NO6. The van der Waals surface area contributed by atoms with Gasteiger partial charge in [-0.25, -0.2) is 0 Å². The first kappa shape index (κ1) is 28.9. The summed E-state index contributed by atoms with van der Waals surface area (Å²) in [6.07, 6.45) is 2.48. The monoisotopic (exact) mass is 497 g/mol. The van der Waals surface area contributed by atoms with Gasteiger partial charge in [-0.05, 0) is 73.1 Å². The van der Waals surface area contributed by atoms with Crippen LogP contribution in [0, 0.1) is 19.8 Å². The van der Waals surface area contributed by atoms with Gasteiger partial charge in [0, 0.05) is 19.8 Å². The highest BCUT2D eigenvalue weighted by Crippen LogP contribution is 2.31. The lowest BCUT2D eigenvalue weighted by Gasteiger charge is -2.25. The first-order chi connectivity index (χ1) is 17.1. The van der Waals surface area contributed by atoms with Gasteiger partial charge in [0.25, 0.3) is 0 Å². The molecule has 0 aliphatic heterocycles. The van der Waals surface area contributed by atoms with E-state index in [-0.39, 0.29) is 18.9 Å². The van der Waals surface area contributed by atoms with E-state index in [1.165, 1.54) is 13.8 Å². The Hall–Kier alpha value is -3.35. The Morgan fingerprint density at radius 2 is 1.58 bits per heavy atom. The third-order valence-electron chi connectivity index (χ3n) is 6.04. The molecule has 7 nitrogen and oxygen atoms in total. The number of ether oxygens (including phenoxy) is 3. The van der Waals surface area contributed by atoms with Gasteiger partial charge in [0.15, 0.2) is 0 Å². The molecule has 0 aliphatic carbocycles. The van der Waals surface area contributed by atoms with E-state index in [0.717, 1.165) is 53.0 Å². The van der Waals surface area contributed by atoms with Crippen LogP contribution in [-0.2, 0) is 30.3 Å². The fourth-order valence-corrected chi connectivity index (χ4v) is 4.20. The van der Waals surface area contributed by atoms with E-state index in [1.54, 1.807) is 0 Å². The maximum atomic E-state index is 11.6. The molecule has 2 rings (SSSR count). The third-order valence-corrected chi connectivity index (χ3v) is 6.04. The number of aryl methyl sites for hydroxylation is 3. The zero-order chi connectivity index (χ0) is 26.7. The van der Waals surface area contributed by atoms with Crippen LogP contribution in [0.1, 0.15) is 63.1 Å². The van der Waals surface area contributed by atoms with Crippen molar-refractivity contribution in [1.82, 2.24) is 0 Å². The van der Waals surface area contributed by atoms with Gasteiger partial charge in [-0.3, -0.25) is 14.4 Å². The van der Waals surface area contributed by atoms with Gasteiger partial charge in [-0.15, -0.1) is 0 Å². The lowest BCUT2D eigenvalue weighted by molar-refractivity contribution is -0.154. The number of rotatable bonds is 14. The Morgan fingerprint density at radius 1 is 0.944 bits per heavy atom. The van der Waals surface area contributed by atoms with E-state index in [2.05, 4.69) is 57.2 Å². The highest BCUT2D eigenvalue weighted by Gasteiger charge is 2.27. The zero-order valence-corrected chi connectivity index (χ0v) is 22.1. The minimum atomic E-state index is -0.748. The number of esters is 2. The van der Waals surface area contributed by atoms with E-state index in [9.17, 15) is 14.4 Å². The second-order valence-corrected chi connectivity index (χ2v) is 9.26. The smallest absolute Gasteiger partial charge is 0.302 e. The van der Waals surface area contributed by atoms with Crippen molar-refractivity contribution in [2.45, 2.75) is 72.8 Å². The normalized spacial score (nSPS) is 12.5. The number of carbonyl (C=O) groups is 3. The van der Waals surface area contributed by atoms with Crippen LogP contribution in [0.4, 0.5) is 0 Å². The van der Waals surface area contributed by atoms with Crippen LogP contribution >= 0.6 is 0 Å². The summed E-state index contributed by atoms with van der Waals surface area (Å²) in [6, 6.07) is 12.6. The molecule has 0 saturated heterocycles. The average molecular weight is 498 g/mol. The molecule has 1 amide bonds. The van der Waals surface area contributed by atoms with Crippen molar-refractivity contribution >= 4 is 17.8 Å². The van der Waals surface area contributed by atoms with Crippen LogP contribution in [0.5, 0.6) is 5.75 Å². The van der Waals surface area contributed by atoms with Crippen LogP contribution < -0.4 is 10.5 Å². The molecular weight excluding hydrogens is 458 g/mol. The topological polar surface area (TPSA) is 105 Å². The molecule has 0 heterocycles. The fraction of sp³-hybridized carbons (Fsp3) is 0.483. The molecule has 0 aliphatic rings. The van der Waals surface area contributed by atoms with Gasteiger partial charge < -0.3 is 19.9 Å². The van der Waals surface area contributed by atoms with Crippen molar-refractivity contribution in [3.05, 3.63) is 53.1 Å². The summed E-state index contributed by atoms with van der Waals surface area (Å²) in [5, 5.41) is 0. The number of amides is 1. The molecule has 2 aromatic carbocycles. The highest BCUT2D eigenvalue weighted by atomic mass is 16.6. The van der Waals surface area contributed by atoms with Crippen LogP contribution in [0.3, 0.4) is 0 Å². The van der Waals surface area contributed by atoms with Gasteiger partial charge in [0.05, 0.1) is 19.6 Å². The quantitative estimate of drug-likeness (QED) is 0.289. The highest BCUT2D eigenvalue weighted by molar-refractivity contribution is 5.75. The van der Waals surface area contributed by atoms with Gasteiger partial charge in [-0.2, -0.15) is 0 Å². The van der Waals surface area contributed by atoms with E-state index >= 15 is 0 Å². The summed E-state index contributed by atoms with van der Waals surface area (Å²) < 4.78 is 16.5. The summed E-state index contributed by atoms with van der Waals surface area (Å²) in [4.78, 5) is 34.5. The largest absolute Gasteiger partial charge is 0.493 e. The minimum Gasteiger partial charge on any atom is -0.493 e. The Morgan fingerprint density at radius 3 is 2.11 bits per heavy atom. The number of hydrogen-bond acceptors (Lipinski definition) is 6. The molecule has 2 aromatic rings. The Kier molecular flexibility index (Phi) is 11.4. The van der Waals surface area contributed by atoms with Crippen LogP contribution in [0.2, 0.25) is 0 Å². The summed E-state index contributed by atoms with van der Waals surface area (Å²) >= 11 is 0. The molecule has 2 unspecified atom stereocenters. The lowest BCUT2D eigenvalue weighted by atomic mass is 9.92. The number of unbranched alkanes of at least 4 members (excludes halogenated alkanes) is 1. The molecule has 7 heteroatoms. The molecule has 0 radical (unpaired) electrons. The standard InChI is InChI=1S/C29H39NO6/c1-6-7-14-34-29-19(2)15-26(16-20(29)3)24-11-8-23(9-12-24)10-13-25(18-35-21(4)31)27(17-28(30)33)36-22(5)32/h8-9,11-12,15-16,25,27H,6-7,10,13-14,17-18H2,1-5H3,(H2,30,33). The number of benzene rings is 2. The predicted molar refractivity (Wildman–Crippen MR) is 140 cm³/mol. The van der Waals surface area contributed by atoms with Gasteiger partial charge in [0.1, 0.15) is 11.9 Å². The van der Waals surface area contributed by atoms with Crippen LogP contribution in [0.25, 0.3) is 11.1 Å². The number of carbonyl (C=O) groups excluding carboxylic acids is 3. The second-order valence-electron chi connectivity index (χ2n) is 9.26. The van der Waals surface area contributed by atoms with Gasteiger partial charge in [0.2, 0.25) is 5.91 Å². The Bertz CT molecular complexity index is 992. The van der Waals surface area contributed by atoms with Gasteiger partial charge in [-0.1, -0.05) is 37.6 Å². The maximum absolute atomic E-state index is 11.6. The zero-order valence-electron chi connectivity index (χ0n) is 22.1. The molecule has 2 atom stereocenters. The minimum absolute atomic E-state index is 0.0455. The number of hydrogen-bond donors (Lipinski definition) is 1. The molecule has 0 fully saturated rings. The molecule has 2 N–H and O–H groups in total. The third kappa shape index (κ3) is 9.36. The van der Waals surface area contributed by atoms with Crippen molar-refractivity contribution in [3.63, 3.8) is 0 Å². The SMILES string of the molecule is CCCCOc1c(C)cc(-c2ccc(CCC(COC(C)=O)C(CC(N)=O)OC(C)=O)cc2)cc1C. The number of primary amides is 1. The molecule has 0 spiro atoms. The Labute approximate surface area is 214 Å². The molecule has 0 saturated carbocycles. The molecule has 0 bridgehead atoms. The number of nitrogens with two attached hydrogens (primary N) is 1. The Balaban J connectivity index is 2.13. The van der Waals surface area contributed by atoms with Crippen LogP contribution in [-0.4, -0.2) is 37.2 Å². The van der Waals surface area contributed by atoms with Crippen molar-refractivity contribution < 1.29 is 28.6 Å². The summed E-state index contributed by atoms with van der Waals surface area (Å²) in [6.45, 7) is 9.66. The first-order valence-corrected chi connectivity index (χ1v) is 12.5. The molecule has 0 aromatic heterocycles. The first-order valence-electron chi connectivity index (χ1n) is 12.5. The van der Waals surface area contributed by atoms with E-state index in [4.69, 9.17) is 19.9 Å². The average Bonchev–Trinajstić information content (AvgIpc) is 2.80. The van der Waals surface area contributed by atoms with E-state index in [0.29, 0.717) is 12.8 Å². The summed E-state index contributed by atoms with van der Waals surface area (Å²) in [7, 11) is 0. The second kappa shape index (κ2) is 14.3. The summed E-state index contributed by atoms with van der Waals surface area (Å²) in [5.41, 5.74) is 10.9. The maximum Gasteiger partial charge on any atom is 0.302 e. The summed E-state index contributed by atoms with van der Waals surface area (Å²) in [5.74, 6) is -0.912. The van der Waals surface area contributed by atoms with E-state index in [1.807, 2.05) is 0 Å². The molecule has 36 heavy (non-hydrogen) atoms. The van der Waals surface area contributed by atoms with E-state index < -0.39 is 23.9 Å². The van der Waals surface area contributed by atoms with Crippen LogP contribution in [0.15, 0.2) is 36.4 Å².